The Morgan fingerprint density at radius 1 is 1.09 bits per heavy atom. The number of nitrogens with zero attached hydrogens (tertiary/aromatic N) is 2. The summed E-state index contributed by atoms with van der Waals surface area (Å²) in [6, 6.07) is 10.6. The molecule has 0 fully saturated rings. The highest BCUT2D eigenvalue weighted by molar-refractivity contribution is 9.10. The highest BCUT2D eigenvalue weighted by atomic mass is 79.9. The Balaban J connectivity index is 2.41. The molecule has 2 aromatic rings. The lowest BCUT2D eigenvalue weighted by atomic mass is 10.1. The summed E-state index contributed by atoms with van der Waals surface area (Å²) >= 11 is 15.5. The van der Waals surface area contributed by atoms with Gasteiger partial charge in [-0.15, -0.1) is 0 Å². The summed E-state index contributed by atoms with van der Waals surface area (Å²) in [4.78, 5) is 27.7. The van der Waals surface area contributed by atoms with Crippen LogP contribution in [0, 0.1) is 0 Å². The lowest BCUT2D eigenvalue weighted by Gasteiger charge is -2.32. The second kappa shape index (κ2) is 12.2. The zero-order valence-electron chi connectivity index (χ0n) is 19.4. The van der Waals surface area contributed by atoms with Crippen LogP contribution in [-0.2, 0) is 26.2 Å². The fourth-order valence-corrected chi connectivity index (χ4v) is 4.68. The Hall–Kier alpha value is -1.81. The van der Waals surface area contributed by atoms with Gasteiger partial charge in [0.25, 0.3) is 0 Å². The molecule has 0 aliphatic heterocycles. The van der Waals surface area contributed by atoms with Crippen molar-refractivity contribution in [2.45, 2.75) is 45.8 Å². The number of carbonyl (C=O) groups is 2. The smallest absolute Gasteiger partial charge is 0.244 e. The first kappa shape index (κ1) is 28.4. The van der Waals surface area contributed by atoms with E-state index < -0.39 is 28.5 Å². The molecule has 2 aromatic carbocycles. The van der Waals surface area contributed by atoms with Crippen molar-refractivity contribution in [3.05, 3.63) is 62.5 Å². The van der Waals surface area contributed by atoms with E-state index in [-0.39, 0.29) is 18.5 Å². The maximum absolute atomic E-state index is 13.5. The number of anilines is 1. The zero-order valence-corrected chi connectivity index (χ0v) is 23.3. The molecule has 2 amide bonds. The van der Waals surface area contributed by atoms with Crippen LogP contribution in [-0.4, -0.2) is 50.0 Å². The summed E-state index contributed by atoms with van der Waals surface area (Å²) in [7, 11) is -3.79. The number of benzene rings is 2. The van der Waals surface area contributed by atoms with Crippen molar-refractivity contribution in [1.82, 2.24) is 10.2 Å². The predicted octanol–water partition coefficient (Wildman–Crippen LogP) is 4.85. The number of amides is 2. The first-order valence-corrected chi connectivity index (χ1v) is 14.0. The molecular weight excluding hydrogens is 565 g/mol. The SMILES string of the molecule is CC[C@H](C)NC(=O)[C@H](C)N(Cc1ccc(Cl)c(Cl)c1)C(=O)CN(c1cccc(Br)c1)S(C)(=O)=O. The number of nitrogens with one attached hydrogen (secondary N) is 1. The van der Waals surface area contributed by atoms with E-state index in [1.165, 1.54) is 4.90 Å². The average Bonchev–Trinajstić information content (AvgIpc) is 2.76. The normalized spacial score (nSPS) is 13.1. The van der Waals surface area contributed by atoms with E-state index in [0.717, 1.165) is 17.0 Å². The van der Waals surface area contributed by atoms with Crippen LogP contribution >= 0.6 is 39.1 Å². The minimum atomic E-state index is -3.79. The van der Waals surface area contributed by atoms with Crippen molar-refractivity contribution < 1.29 is 18.0 Å². The highest BCUT2D eigenvalue weighted by Crippen LogP contribution is 2.25. The third-order valence-corrected chi connectivity index (χ3v) is 7.65. The second-order valence-corrected chi connectivity index (χ2v) is 11.7. The molecule has 7 nitrogen and oxygen atoms in total. The van der Waals surface area contributed by atoms with Crippen LogP contribution in [0.2, 0.25) is 10.0 Å². The monoisotopic (exact) mass is 591 g/mol. The second-order valence-electron chi connectivity index (χ2n) is 8.01. The first-order chi connectivity index (χ1) is 15.8. The minimum Gasteiger partial charge on any atom is -0.352 e. The van der Waals surface area contributed by atoms with Gasteiger partial charge < -0.3 is 10.2 Å². The third kappa shape index (κ3) is 7.86. The average molecular weight is 593 g/mol. The first-order valence-electron chi connectivity index (χ1n) is 10.6. The van der Waals surface area contributed by atoms with E-state index in [1.807, 2.05) is 13.8 Å². The van der Waals surface area contributed by atoms with E-state index in [2.05, 4.69) is 21.2 Å². The fraction of sp³-hybridized carbons (Fsp3) is 0.391. The van der Waals surface area contributed by atoms with Crippen LogP contribution in [0.3, 0.4) is 0 Å². The molecule has 34 heavy (non-hydrogen) atoms. The summed E-state index contributed by atoms with van der Waals surface area (Å²) in [5.74, 6) is -0.876. The van der Waals surface area contributed by atoms with E-state index in [9.17, 15) is 18.0 Å². The topological polar surface area (TPSA) is 86.8 Å². The van der Waals surface area contributed by atoms with Gasteiger partial charge in [-0.2, -0.15) is 0 Å². The van der Waals surface area contributed by atoms with E-state index >= 15 is 0 Å². The van der Waals surface area contributed by atoms with Gasteiger partial charge in [-0.3, -0.25) is 13.9 Å². The predicted molar refractivity (Wildman–Crippen MR) is 141 cm³/mol. The Morgan fingerprint density at radius 2 is 1.76 bits per heavy atom. The van der Waals surface area contributed by atoms with Gasteiger partial charge in [-0.25, -0.2) is 8.42 Å². The van der Waals surface area contributed by atoms with Gasteiger partial charge in [0.2, 0.25) is 21.8 Å². The summed E-state index contributed by atoms with van der Waals surface area (Å²) in [6.07, 6.45) is 1.76. The molecule has 0 saturated heterocycles. The number of carbonyl (C=O) groups excluding carboxylic acids is 2. The van der Waals surface area contributed by atoms with Crippen LogP contribution < -0.4 is 9.62 Å². The molecule has 0 unspecified atom stereocenters. The summed E-state index contributed by atoms with van der Waals surface area (Å²) in [5.41, 5.74) is 0.982. The maximum Gasteiger partial charge on any atom is 0.244 e. The molecule has 11 heteroatoms. The fourth-order valence-electron chi connectivity index (χ4n) is 3.13. The van der Waals surface area contributed by atoms with E-state index in [1.54, 1.807) is 49.4 Å². The van der Waals surface area contributed by atoms with E-state index in [0.29, 0.717) is 25.8 Å². The minimum absolute atomic E-state index is 0.0426. The summed E-state index contributed by atoms with van der Waals surface area (Å²) in [5, 5.41) is 3.56. The van der Waals surface area contributed by atoms with Crippen molar-refractivity contribution in [2.75, 3.05) is 17.1 Å². The molecule has 0 aromatic heterocycles. The van der Waals surface area contributed by atoms with Crippen molar-refractivity contribution in [1.29, 1.82) is 0 Å². The molecule has 2 rings (SSSR count). The summed E-state index contributed by atoms with van der Waals surface area (Å²) < 4.78 is 26.8. The number of hydrogen-bond acceptors (Lipinski definition) is 4. The quantitative estimate of drug-likeness (QED) is 0.427. The Morgan fingerprint density at radius 3 is 2.32 bits per heavy atom. The zero-order chi connectivity index (χ0) is 25.6. The van der Waals surface area contributed by atoms with Gasteiger partial charge in [-0.05, 0) is 56.2 Å². The summed E-state index contributed by atoms with van der Waals surface area (Å²) in [6.45, 7) is 4.99. The third-order valence-electron chi connectivity index (χ3n) is 5.28. The maximum atomic E-state index is 13.5. The van der Waals surface area contributed by atoms with Gasteiger partial charge in [0.05, 0.1) is 22.0 Å². The van der Waals surface area contributed by atoms with Gasteiger partial charge in [-0.1, -0.05) is 58.2 Å². The largest absolute Gasteiger partial charge is 0.352 e. The van der Waals surface area contributed by atoms with Crippen LogP contribution in [0.1, 0.15) is 32.8 Å². The standard InChI is InChI=1S/C23H28BrCl2N3O4S/c1-5-15(2)27-23(31)16(3)28(13-17-9-10-20(25)21(26)11-17)22(30)14-29(34(4,32)33)19-8-6-7-18(24)12-19/h6-12,15-16H,5,13-14H2,1-4H3,(H,27,31)/t15-,16-/m0/s1. The highest BCUT2D eigenvalue weighted by Gasteiger charge is 2.30. The number of halogens is 3. The molecule has 0 aliphatic carbocycles. The molecule has 0 bridgehead atoms. The van der Waals surface area contributed by atoms with Crippen LogP contribution in [0.15, 0.2) is 46.9 Å². The van der Waals surface area contributed by atoms with Gasteiger partial charge in [0, 0.05) is 17.1 Å². The number of rotatable bonds is 10. The Bertz CT molecular complexity index is 1150. The molecule has 1 N–H and O–H groups in total. The molecule has 0 spiro atoms. The van der Waals surface area contributed by atoms with Crippen LogP contribution in [0.25, 0.3) is 0 Å². The lowest BCUT2D eigenvalue weighted by Crippen LogP contribution is -2.52. The van der Waals surface area contributed by atoms with Gasteiger partial charge in [0.1, 0.15) is 12.6 Å². The van der Waals surface area contributed by atoms with E-state index in [4.69, 9.17) is 23.2 Å². The van der Waals surface area contributed by atoms with Gasteiger partial charge >= 0.3 is 0 Å². The lowest BCUT2D eigenvalue weighted by molar-refractivity contribution is -0.139. The Kier molecular flexibility index (Phi) is 10.2. The number of hydrogen-bond donors (Lipinski definition) is 1. The van der Waals surface area contributed by atoms with Crippen molar-refractivity contribution in [3.63, 3.8) is 0 Å². The molecule has 0 saturated carbocycles. The van der Waals surface area contributed by atoms with Crippen molar-refractivity contribution in [3.8, 4) is 0 Å². The molecular formula is C23H28BrCl2N3O4S. The molecule has 0 aliphatic rings. The van der Waals surface area contributed by atoms with Crippen LogP contribution in [0.4, 0.5) is 5.69 Å². The molecule has 2 atom stereocenters. The van der Waals surface area contributed by atoms with Gasteiger partial charge in [0.15, 0.2) is 0 Å². The number of sulfonamides is 1. The molecule has 186 valence electrons. The van der Waals surface area contributed by atoms with Crippen LogP contribution in [0.5, 0.6) is 0 Å². The molecule has 0 radical (unpaired) electrons. The Labute approximate surface area is 219 Å². The molecule has 0 heterocycles. The van der Waals surface area contributed by atoms with Crippen molar-refractivity contribution in [2.24, 2.45) is 0 Å². The van der Waals surface area contributed by atoms with Crippen molar-refractivity contribution >= 4 is 66.7 Å².